The Bertz CT molecular complexity index is 289. The molecule has 0 aromatic heterocycles. The zero-order valence-corrected chi connectivity index (χ0v) is 17.7. The molecule has 1 saturated heterocycles. The average Bonchev–Trinajstić information content (AvgIpc) is 2.50. The summed E-state index contributed by atoms with van der Waals surface area (Å²) in [5.41, 5.74) is 0. The molecule has 0 radical (unpaired) electrons. The van der Waals surface area contributed by atoms with Crippen LogP contribution in [-0.4, -0.2) is 62.1 Å². The van der Waals surface area contributed by atoms with Gasteiger partial charge in [-0.3, -0.25) is 4.99 Å². The summed E-state index contributed by atoms with van der Waals surface area (Å²) in [6.07, 6.45) is 9.99. The molecule has 2 N–H and O–H groups in total. The maximum absolute atomic E-state index is 4.28. The van der Waals surface area contributed by atoms with Crippen molar-refractivity contribution in [3.8, 4) is 0 Å². The number of rotatable bonds is 9. The van der Waals surface area contributed by atoms with E-state index in [1.54, 1.807) is 0 Å². The molecule has 0 aliphatic carbocycles. The summed E-state index contributed by atoms with van der Waals surface area (Å²) in [4.78, 5) is 6.91. The van der Waals surface area contributed by atoms with Crippen molar-refractivity contribution in [3.05, 3.63) is 0 Å². The lowest BCUT2D eigenvalue weighted by Gasteiger charge is -2.33. The van der Waals surface area contributed by atoms with Crippen molar-refractivity contribution in [2.24, 2.45) is 4.99 Å². The minimum absolute atomic E-state index is 0. The van der Waals surface area contributed by atoms with Crippen LogP contribution in [0.1, 0.15) is 45.4 Å². The monoisotopic (exact) mass is 442 g/mol. The van der Waals surface area contributed by atoms with Crippen LogP contribution < -0.4 is 10.6 Å². The molecule has 6 heteroatoms. The van der Waals surface area contributed by atoms with Gasteiger partial charge < -0.3 is 15.5 Å². The molecule has 1 aliphatic heterocycles. The number of unbranched alkanes of at least 4 members (excludes halogenated alkanes) is 1. The number of aliphatic imine (C=N–C) groups is 1. The summed E-state index contributed by atoms with van der Waals surface area (Å²) in [5, 5.41) is 6.81. The number of nitrogens with zero attached hydrogens (tertiary/aromatic N) is 2. The van der Waals surface area contributed by atoms with E-state index in [2.05, 4.69) is 33.7 Å². The summed E-state index contributed by atoms with van der Waals surface area (Å²) in [6, 6.07) is 0.771. The van der Waals surface area contributed by atoms with Crippen molar-refractivity contribution in [1.82, 2.24) is 15.5 Å². The summed E-state index contributed by atoms with van der Waals surface area (Å²) in [5.74, 6) is 2.20. The largest absolute Gasteiger partial charge is 0.356 e. The van der Waals surface area contributed by atoms with E-state index < -0.39 is 0 Å². The van der Waals surface area contributed by atoms with Gasteiger partial charge in [0.2, 0.25) is 0 Å². The summed E-state index contributed by atoms with van der Waals surface area (Å²) < 4.78 is 0. The Labute approximate surface area is 158 Å². The fraction of sp³-hybridized carbons (Fsp3) is 0.938. The predicted octanol–water partition coefficient (Wildman–Crippen LogP) is 3.18. The smallest absolute Gasteiger partial charge is 0.190 e. The van der Waals surface area contributed by atoms with Gasteiger partial charge in [-0.1, -0.05) is 6.42 Å². The Morgan fingerprint density at radius 3 is 2.55 bits per heavy atom. The summed E-state index contributed by atoms with van der Waals surface area (Å²) in [7, 11) is 1.85. The molecule has 1 atom stereocenters. The number of piperidine rings is 1. The van der Waals surface area contributed by atoms with Gasteiger partial charge in [-0.05, 0) is 57.6 Å². The second-order valence-corrected chi connectivity index (χ2v) is 6.85. The van der Waals surface area contributed by atoms with Gasteiger partial charge in [0.25, 0.3) is 0 Å². The number of hydrogen-bond donors (Lipinski definition) is 2. The second kappa shape index (κ2) is 14.9. The summed E-state index contributed by atoms with van der Waals surface area (Å²) in [6.45, 7) is 6.88. The van der Waals surface area contributed by atoms with Gasteiger partial charge in [-0.15, -0.1) is 24.0 Å². The minimum atomic E-state index is 0. The number of nitrogens with one attached hydrogen (secondary N) is 2. The van der Waals surface area contributed by atoms with E-state index >= 15 is 0 Å². The lowest BCUT2D eigenvalue weighted by molar-refractivity contribution is 0.159. The van der Waals surface area contributed by atoms with E-state index in [1.807, 2.05) is 18.8 Å². The molecule has 22 heavy (non-hydrogen) atoms. The Morgan fingerprint density at radius 2 is 1.91 bits per heavy atom. The van der Waals surface area contributed by atoms with E-state index in [9.17, 15) is 0 Å². The highest BCUT2D eigenvalue weighted by Crippen LogP contribution is 2.15. The van der Waals surface area contributed by atoms with Crippen LogP contribution in [0, 0.1) is 0 Å². The minimum Gasteiger partial charge on any atom is -0.356 e. The lowest BCUT2D eigenvalue weighted by Crippen LogP contribution is -2.41. The van der Waals surface area contributed by atoms with Crippen molar-refractivity contribution >= 4 is 41.7 Å². The number of likely N-dealkylation sites (tertiary alicyclic amines) is 1. The normalized spacial score (nSPS) is 19.6. The first-order valence-corrected chi connectivity index (χ1v) is 9.84. The van der Waals surface area contributed by atoms with Crippen molar-refractivity contribution in [3.63, 3.8) is 0 Å². The molecule has 0 aromatic rings. The molecule has 4 nitrogen and oxygen atoms in total. The van der Waals surface area contributed by atoms with Crippen LogP contribution in [0.3, 0.4) is 0 Å². The zero-order chi connectivity index (χ0) is 15.3. The molecule has 0 bridgehead atoms. The van der Waals surface area contributed by atoms with Crippen molar-refractivity contribution in [1.29, 1.82) is 0 Å². The predicted molar refractivity (Wildman–Crippen MR) is 112 cm³/mol. The molecular formula is C16H35IN4S. The third kappa shape index (κ3) is 10.2. The van der Waals surface area contributed by atoms with Crippen LogP contribution >= 0.6 is 35.7 Å². The highest BCUT2D eigenvalue weighted by atomic mass is 127. The maximum Gasteiger partial charge on any atom is 0.190 e. The Morgan fingerprint density at radius 1 is 1.18 bits per heavy atom. The van der Waals surface area contributed by atoms with Gasteiger partial charge in [0, 0.05) is 32.7 Å². The topological polar surface area (TPSA) is 39.7 Å². The van der Waals surface area contributed by atoms with E-state index in [0.29, 0.717) is 0 Å². The number of halogens is 1. The lowest BCUT2D eigenvalue weighted by atomic mass is 10.0. The highest BCUT2D eigenvalue weighted by molar-refractivity contribution is 14.0. The number of guanidine groups is 1. The molecule has 0 spiro atoms. The fourth-order valence-corrected chi connectivity index (χ4v) is 3.27. The van der Waals surface area contributed by atoms with Crippen LogP contribution in [0.5, 0.6) is 0 Å². The van der Waals surface area contributed by atoms with Crippen LogP contribution in [0.2, 0.25) is 0 Å². The van der Waals surface area contributed by atoms with E-state index in [0.717, 1.165) is 25.1 Å². The molecule has 1 aliphatic rings. The molecule has 0 amide bonds. The first-order chi connectivity index (χ1) is 10.3. The SMILES string of the molecule is CN=C(NCCCCSC)NCCCN1CCCCC1C.I. The van der Waals surface area contributed by atoms with Gasteiger partial charge in [0.05, 0.1) is 0 Å². The molecular weight excluding hydrogens is 407 g/mol. The van der Waals surface area contributed by atoms with Gasteiger partial charge in [0.15, 0.2) is 5.96 Å². The summed E-state index contributed by atoms with van der Waals surface area (Å²) >= 11 is 1.92. The third-order valence-corrected chi connectivity index (χ3v) is 4.84. The first kappa shape index (κ1) is 22.3. The molecule has 1 unspecified atom stereocenters. The van der Waals surface area contributed by atoms with Crippen molar-refractivity contribution < 1.29 is 0 Å². The third-order valence-electron chi connectivity index (χ3n) is 4.15. The van der Waals surface area contributed by atoms with Gasteiger partial charge in [0.1, 0.15) is 0 Å². The van der Waals surface area contributed by atoms with E-state index in [4.69, 9.17) is 0 Å². The second-order valence-electron chi connectivity index (χ2n) is 5.86. The Kier molecular flexibility index (Phi) is 15.1. The number of hydrogen-bond acceptors (Lipinski definition) is 3. The average molecular weight is 442 g/mol. The Hall–Kier alpha value is 0.310. The van der Waals surface area contributed by atoms with E-state index in [-0.39, 0.29) is 24.0 Å². The van der Waals surface area contributed by atoms with Gasteiger partial charge in [-0.25, -0.2) is 0 Å². The van der Waals surface area contributed by atoms with Gasteiger partial charge in [-0.2, -0.15) is 11.8 Å². The quantitative estimate of drug-likeness (QED) is 0.249. The van der Waals surface area contributed by atoms with Crippen molar-refractivity contribution in [2.75, 3.05) is 45.2 Å². The standard InChI is InChI=1S/C16H34N4S.HI/c1-15-9-4-6-12-20(15)13-8-11-19-16(17-2)18-10-5-7-14-21-3;/h15H,4-14H2,1-3H3,(H2,17,18,19);1H. The molecule has 1 fully saturated rings. The molecule has 0 saturated carbocycles. The van der Waals surface area contributed by atoms with Gasteiger partial charge >= 0.3 is 0 Å². The fourth-order valence-electron chi connectivity index (χ4n) is 2.78. The van der Waals surface area contributed by atoms with Crippen LogP contribution in [0.4, 0.5) is 0 Å². The highest BCUT2D eigenvalue weighted by Gasteiger charge is 2.16. The maximum atomic E-state index is 4.28. The van der Waals surface area contributed by atoms with Crippen LogP contribution in [0.15, 0.2) is 4.99 Å². The first-order valence-electron chi connectivity index (χ1n) is 8.45. The number of thioether (sulfide) groups is 1. The molecule has 1 heterocycles. The van der Waals surface area contributed by atoms with Crippen LogP contribution in [0.25, 0.3) is 0 Å². The molecule has 0 aromatic carbocycles. The molecule has 132 valence electrons. The van der Waals surface area contributed by atoms with Crippen molar-refractivity contribution in [2.45, 2.75) is 51.5 Å². The zero-order valence-electron chi connectivity index (χ0n) is 14.6. The van der Waals surface area contributed by atoms with E-state index in [1.165, 1.54) is 57.4 Å². The molecule has 1 rings (SSSR count). The van der Waals surface area contributed by atoms with Crippen LogP contribution in [-0.2, 0) is 0 Å². The Balaban J connectivity index is 0.00000441.